The molecule has 0 fully saturated rings. The second-order valence-corrected chi connectivity index (χ2v) is 8.84. The lowest BCUT2D eigenvalue weighted by Gasteiger charge is -2.33. The van der Waals surface area contributed by atoms with Crippen LogP contribution in [0.5, 0.6) is 0 Å². The molecule has 0 saturated heterocycles. The van der Waals surface area contributed by atoms with Gasteiger partial charge in [-0.05, 0) is 42.5 Å². The minimum absolute atomic E-state index is 0.0591. The van der Waals surface area contributed by atoms with Crippen molar-refractivity contribution in [3.05, 3.63) is 30.1 Å². The molecule has 142 valence electrons. The molecule has 7 heteroatoms. The van der Waals surface area contributed by atoms with Gasteiger partial charge in [0, 0.05) is 6.04 Å². The van der Waals surface area contributed by atoms with Gasteiger partial charge < -0.3 is 5.32 Å². The van der Waals surface area contributed by atoms with Gasteiger partial charge in [0.15, 0.2) is 0 Å². The standard InChI is InChI=1S/C18H29FN2O3S/c1-7-16(18(22)20-17(12(2)3)13(4)5)21(25(6,23)24)15-10-8-14(19)9-11-15/h8-13,16-17H,7H2,1-6H3,(H,20,22)/t16-/m1/s1. The summed E-state index contributed by atoms with van der Waals surface area (Å²) in [6, 6.07) is 4.16. The van der Waals surface area contributed by atoms with Crippen molar-refractivity contribution in [3.8, 4) is 0 Å². The van der Waals surface area contributed by atoms with Crippen LogP contribution in [-0.2, 0) is 14.8 Å². The van der Waals surface area contributed by atoms with Gasteiger partial charge in [-0.1, -0.05) is 34.6 Å². The number of sulfonamides is 1. The fraction of sp³-hybridized carbons (Fsp3) is 0.611. The molecule has 0 aliphatic carbocycles. The molecular formula is C18H29FN2O3S. The maximum atomic E-state index is 13.2. The number of hydrogen-bond acceptors (Lipinski definition) is 3. The van der Waals surface area contributed by atoms with Crippen molar-refractivity contribution in [1.82, 2.24) is 5.32 Å². The van der Waals surface area contributed by atoms with Crippen LogP contribution in [-0.4, -0.2) is 32.7 Å². The lowest BCUT2D eigenvalue weighted by Crippen LogP contribution is -2.53. The summed E-state index contributed by atoms with van der Waals surface area (Å²) in [7, 11) is -3.71. The second kappa shape index (κ2) is 8.65. The maximum absolute atomic E-state index is 13.2. The highest BCUT2D eigenvalue weighted by Gasteiger charge is 2.33. The van der Waals surface area contributed by atoms with Crippen molar-refractivity contribution in [2.24, 2.45) is 11.8 Å². The Bertz CT molecular complexity index is 664. The topological polar surface area (TPSA) is 66.5 Å². The lowest BCUT2D eigenvalue weighted by atomic mass is 9.93. The van der Waals surface area contributed by atoms with Crippen LogP contribution in [0.1, 0.15) is 41.0 Å². The molecule has 5 nitrogen and oxygen atoms in total. The van der Waals surface area contributed by atoms with Crippen molar-refractivity contribution in [3.63, 3.8) is 0 Å². The minimum Gasteiger partial charge on any atom is -0.351 e. The van der Waals surface area contributed by atoms with E-state index in [9.17, 15) is 17.6 Å². The molecule has 0 unspecified atom stereocenters. The van der Waals surface area contributed by atoms with E-state index in [0.29, 0.717) is 6.42 Å². The molecule has 0 aromatic heterocycles. The van der Waals surface area contributed by atoms with Crippen molar-refractivity contribution in [2.45, 2.75) is 53.1 Å². The molecule has 1 amide bonds. The second-order valence-electron chi connectivity index (χ2n) is 6.98. The van der Waals surface area contributed by atoms with Gasteiger partial charge in [-0.15, -0.1) is 0 Å². The Kier molecular flexibility index (Phi) is 7.41. The highest BCUT2D eigenvalue weighted by atomic mass is 32.2. The Morgan fingerprint density at radius 3 is 1.96 bits per heavy atom. The minimum atomic E-state index is -3.71. The molecule has 0 heterocycles. The summed E-state index contributed by atoms with van der Waals surface area (Å²) in [6.07, 6.45) is 1.36. The largest absolute Gasteiger partial charge is 0.351 e. The Hall–Kier alpha value is -1.63. The molecule has 1 rings (SSSR count). The third-order valence-electron chi connectivity index (χ3n) is 4.16. The van der Waals surface area contributed by atoms with Crippen LogP contribution in [0.4, 0.5) is 10.1 Å². The number of carbonyl (C=O) groups is 1. The normalized spacial score (nSPS) is 13.4. The van der Waals surface area contributed by atoms with Crippen LogP contribution < -0.4 is 9.62 Å². The fourth-order valence-corrected chi connectivity index (χ4v) is 4.22. The number of anilines is 1. The van der Waals surface area contributed by atoms with E-state index >= 15 is 0 Å². The molecular weight excluding hydrogens is 343 g/mol. The summed E-state index contributed by atoms with van der Waals surface area (Å²) < 4.78 is 38.9. The molecule has 0 bridgehead atoms. The lowest BCUT2D eigenvalue weighted by molar-refractivity contribution is -0.123. The monoisotopic (exact) mass is 372 g/mol. The molecule has 0 radical (unpaired) electrons. The van der Waals surface area contributed by atoms with Crippen molar-refractivity contribution < 1.29 is 17.6 Å². The SMILES string of the molecule is CC[C@H](C(=O)NC(C(C)C)C(C)C)N(c1ccc(F)cc1)S(C)(=O)=O. The Morgan fingerprint density at radius 2 is 1.60 bits per heavy atom. The first kappa shape index (κ1) is 21.4. The first-order valence-electron chi connectivity index (χ1n) is 8.54. The van der Waals surface area contributed by atoms with Crippen LogP contribution >= 0.6 is 0 Å². The summed E-state index contributed by atoms with van der Waals surface area (Å²) in [6.45, 7) is 9.81. The smallest absolute Gasteiger partial charge is 0.244 e. The van der Waals surface area contributed by atoms with Gasteiger partial charge in [0.05, 0.1) is 11.9 Å². The predicted molar refractivity (Wildman–Crippen MR) is 99.4 cm³/mol. The summed E-state index contributed by atoms with van der Waals surface area (Å²) in [4.78, 5) is 12.8. The first-order valence-corrected chi connectivity index (χ1v) is 10.4. The van der Waals surface area contributed by atoms with Gasteiger partial charge in [-0.2, -0.15) is 0 Å². The predicted octanol–water partition coefficient (Wildman–Crippen LogP) is 3.17. The molecule has 0 aliphatic heterocycles. The van der Waals surface area contributed by atoms with E-state index < -0.39 is 21.9 Å². The van der Waals surface area contributed by atoms with E-state index in [1.807, 2.05) is 27.7 Å². The van der Waals surface area contributed by atoms with E-state index in [0.717, 1.165) is 10.6 Å². The zero-order valence-corrected chi connectivity index (χ0v) is 16.6. The number of hydrogen-bond donors (Lipinski definition) is 1. The third-order valence-corrected chi connectivity index (χ3v) is 5.34. The molecule has 1 aromatic carbocycles. The van der Waals surface area contributed by atoms with E-state index in [1.54, 1.807) is 6.92 Å². The number of benzene rings is 1. The van der Waals surface area contributed by atoms with E-state index in [1.165, 1.54) is 24.3 Å². The molecule has 1 aromatic rings. The van der Waals surface area contributed by atoms with E-state index in [4.69, 9.17) is 0 Å². The Labute approximate surface area is 150 Å². The van der Waals surface area contributed by atoms with Gasteiger partial charge in [0.25, 0.3) is 0 Å². The number of amides is 1. The molecule has 0 aliphatic rings. The van der Waals surface area contributed by atoms with Crippen LogP contribution in [0, 0.1) is 17.7 Å². The Balaban J connectivity index is 3.21. The van der Waals surface area contributed by atoms with Crippen molar-refractivity contribution >= 4 is 21.6 Å². The molecule has 1 N–H and O–H groups in total. The molecule has 1 atom stereocenters. The average Bonchev–Trinajstić information content (AvgIpc) is 2.49. The van der Waals surface area contributed by atoms with Crippen LogP contribution in [0.25, 0.3) is 0 Å². The number of nitrogens with zero attached hydrogens (tertiary/aromatic N) is 1. The van der Waals surface area contributed by atoms with E-state index in [-0.39, 0.29) is 29.5 Å². The number of carbonyl (C=O) groups excluding carboxylic acids is 1. The zero-order valence-electron chi connectivity index (χ0n) is 15.8. The summed E-state index contributed by atoms with van der Waals surface area (Å²) in [5.41, 5.74) is 0.275. The van der Waals surface area contributed by atoms with Crippen LogP contribution in [0.2, 0.25) is 0 Å². The van der Waals surface area contributed by atoms with Gasteiger partial charge >= 0.3 is 0 Å². The number of nitrogens with one attached hydrogen (secondary N) is 1. The van der Waals surface area contributed by atoms with Gasteiger partial charge in [0.2, 0.25) is 15.9 Å². The zero-order chi connectivity index (χ0) is 19.4. The van der Waals surface area contributed by atoms with Gasteiger partial charge in [-0.3, -0.25) is 9.10 Å². The quantitative estimate of drug-likeness (QED) is 0.762. The summed E-state index contributed by atoms with van der Waals surface area (Å²) in [5.74, 6) is -0.364. The van der Waals surface area contributed by atoms with Crippen LogP contribution in [0.15, 0.2) is 24.3 Å². The summed E-state index contributed by atoms with van der Waals surface area (Å²) in [5, 5.41) is 2.98. The van der Waals surface area contributed by atoms with Gasteiger partial charge in [0.1, 0.15) is 11.9 Å². The first-order chi connectivity index (χ1) is 11.5. The van der Waals surface area contributed by atoms with Crippen LogP contribution in [0.3, 0.4) is 0 Å². The van der Waals surface area contributed by atoms with Crippen molar-refractivity contribution in [1.29, 1.82) is 0 Å². The summed E-state index contributed by atoms with van der Waals surface area (Å²) >= 11 is 0. The van der Waals surface area contributed by atoms with Crippen molar-refractivity contribution in [2.75, 3.05) is 10.6 Å². The highest BCUT2D eigenvalue weighted by molar-refractivity contribution is 7.92. The number of rotatable bonds is 8. The number of halogens is 1. The third kappa shape index (κ3) is 5.70. The molecule has 0 saturated carbocycles. The highest BCUT2D eigenvalue weighted by Crippen LogP contribution is 2.23. The maximum Gasteiger partial charge on any atom is 0.244 e. The van der Waals surface area contributed by atoms with E-state index in [2.05, 4.69) is 5.32 Å². The average molecular weight is 373 g/mol. The van der Waals surface area contributed by atoms with Gasteiger partial charge in [-0.25, -0.2) is 12.8 Å². The molecule has 25 heavy (non-hydrogen) atoms. The fourth-order valence-electron chi connectivity index (χ4n) is 3.01. The molecule has 0 spiro atoms. The Morgan fingerprint density at radius 1 is 1.12 bits per heavy atom.